The average Bonchev–Trinajstić information content (AvgIpc) is 3.21. The molecule has 1 amide bonds. The lowest BCUT2D eigenvalue weighted by atomic mass is 10.2. The molecule has 1 aromatic carbocycles. The predicted molar refractivity (Wildman–Crippen MR) is 106 cm³/mol. The number of pyridine rings is 1. The zero-order chi connectivity index (χ0) is 19.4. The van der Waals surface area contributed by atoms with Crippen molar-refractivity contribution in [2.75, 3.05) is 14.1 Å². The van der Waals surface area contributed by atoms with Crippen molar-refractivity contribution in [3.63, 3.8) is 0 Å². The number of sulfonamides is 1. The number of rotatable bonds is 6. The highest BCUT2D eigenvalue weighted by molar-refractivity contribution is 7.89. The first-order valence-corrected chi connectivity index (χ1v) is 10.5. The third kappa shape index (κ3) is 4.41. The van der Waals surface area contributed by atoms with Crippen LogP contribution in [0.3, 0.4) is 0 Å². The molecule has 0 unspecified atom stereocenters. The van der Waals surface area contributed by atoms with Crippen molar-refractivity contribution in [2.45, 2.75) is 11.4 Å². The first-order chi connectivity index (χ1) is 12.9. The first kappa shape index (κ1) is 19.2. The molecule has 3 rings (SSSR count). The average molecular weight is 402 g/mol. The van der Waals surface area contributed by atoms with Gasteiger partial charge in [-0.25, -0.2) is 12.7 Å². The van der Waals surface area contributed by atoms with Gasteiger partial charge in [0.2, 0.25) is 10.0 Å². The number of carbonyl (C=O) groups excluding carboxylic acids is 1. The standard InChI is InChI=1S/C19H19N3O3S2/c1-22(2)27(24,25)16-7-5-15(6-8-16)19(23)21-13-14-9-10-20-17(12-14)18-4-3-11-26-18/h3-12H,13H2,1-2H3,(H,21,23). The number of hydrogen-bond donors (Lipinski definition) is 1. The Hall–Kier alpha value is -2.55. The SMILES string of the molecule is CN(C)S(=O)(=O)c1ccc(C(=O)NCc2ccnc(-c3cccs3)c2)cc1. The molecule has 0 atom stereocenters. The van der Waals surface area contributed by atoms with Crippen LogP contribution >= 0.6 is 11.3 Å². The van der Waals surface area contributed by atoms with Gasteiger partial charge in [0.25, 0.3) is 5.91 Å². The maximum Gasteiger partial charge on any atom is 0.251 e. The lowest BCUT2D eigenvalue weighted by Gasteiger charge is -2.11. The molecule has 0 fully saturated rings. The van der Waals surface area contributed by atoms with E-state index in [4.69, 9.17) is 0 Å². The smallest absolute Gasteiger partial charge is 0.251 e. The van der Waals surface area contributed by atoms with Crippen LogP contribution in [0.15, 0.2) is 65.0 Å². The molecule has 2 heterocycles. The van der Waals surface area contributed by atoms with Crippen LogP contribution in [-0.4, -0.2) is 37.7 Å². The van der Waals surface area contributed by atoms with E-state index in [9.17, 15) is 13.2 Å². The molecule has 0 aliphatic rings. The van der Waals surface area contributed by atoms with Gasteiger partial charge in [0.15, 0.2) is 0 Å². The van der Waals surface area contributed by atoms with E-state index in [1.807, 2.05) is 29.6 Å². The summed E-state index contributed by atoms with van der Waals surface area (Å²) >= 11 is 1.61. The van der Waals surface area contributed by atoms with Crippen LogP contribution in [0.2, 0.25) is 0 Å². The van der Waals surface area contributed by atoms with Crippen molar-refractivity contribution in [1.29, 1.82) is 0 Å². The lowest BCUT2D eigenvalue weighted by Crippen LogP contribution is -2.24. The molecule has 0 saturated heterocycles. The van der Waals surface area contributed by atoms with E-state index < -0.39 is 10.0 Å². The normalized spacial score (nSPS) is 11.5. The number of aromatic nitrogens is 1. The molecule has 0 aliphatic carbocycles. The molecule has 140 valence electrons. The Labute approximate surface area is 162 Å². The Morgan fingerprint density at radius 2 is 1.89 bits per heavy atom. The van der Waals surface area contributed by atoms with Gasteiger partial charge in [-0.3, -0.25) is 9.78 Å². The number of amides is 1. The fraction of sp³-hybridized carbons (Fsp3) is 0.158. The Morgan fingerprint density at radius 1 is 1.15 bits per heavy atom. The number of thiophene rings is 1. The summed E-state index contributed by atoms with van der Waals surface area (Å²) in [6.45, 7) is 0.359. The van der Waals surface area contributed by atoms with Crippen LogP contribution in [0.1, 0.15) is 15.9 Å². The van der Waals surface area contributed by atoms with E-state index in [1.54, 1.807) is 17.5 Å². The number of hydrogen-bond acceptors (Lipinski definition) is 5. The first-order valence-electron chi connectivity index (χ1n) is 8.17. The van der Waals surface area contributed by atoms with Gasteiger partial charge in [-0.15, -0.1) is 11.3 Å². The molecule has 0 bridgehead atoms. The highest BCUT2D eigenvalue weighted by atomic mass is 32.2. The molecule has 1 N–H and O–H groups in total. The van der Waals surface area contributed by atoms with E-state index in [0.717, 1.165) is 20.4 Å². The minimum absolute atomic E-state index is 0.152. The van der Waals surface area contributed by atoms with Crippen LogP contribution in [-0.2, 0) is 16.6 Å². The molecular formula is C19H19N3O3S2. The minimum atomic E-state index is -3.51. The number of nitrogens with zero attached hydrogens (tertiary/aromatic N) is 2. The number of nitrogens with one attached hydrogen (secondary N) is 1. The fourth-order valence-electron chi connectivity index (χ4n) is 2.42. The molecule has 0 aliphatic heterocycles. The van der Waals surface area contributed by atoms with Crippen molar-refractivity contribution < 1.29 is 13.2 Å². The summed E-state index contributed by atoms with van der Waals surface area (Å²) in [6.07, 6.45) is 1.72. The van der Waals surface area contributed by atoms with E-state index in [0.29, 0.717) is 12.1 Å². The zero-order valence-corrected chi connectivity index (χ0v) is 16.5. The van der Waals surface area contributed by atoms with Crippen molar-refractivity contribution in [3.8, 4) is 10.6 Å². The van der Waals surface area contributed by atoms with Crippen LogP contribution in [0.25, 0.3) is 10.6 Å². The molecule has 0 radical (unpaired) electrons. The van der Waals surface area contributed by atoms with E-state index >= 15 is 0 Å². The van der Waals surface area contributed by atoms with Crippen LogP contribution < -0.4 is 5.32 Å². The molecule has 3 aromatic rings. The van der Waals surface area contributed by atoms with Crippen molar-refractivity contribution >= 4 is 27.3 Å². The summed E-state index contributed by atoms with van der Waals surface area (Å²) in [5, 5.41) is 4.84. The second-order valence-electron chi connectivity index (χ2n) is 6.02. The van der Waals surface area contributed by atoms with E-state index in [2.05, 4.69) is 10.3 Å². The number of benzene rings is 1. The van der Waals surface area contributed by atoms with Gasteiger partial charge in [0.05, 0.1) is 15.5 Å². The van der Waals surface area contributed by atoms with Crippen LogP contribution in [0.4, 0.5) is 0 Å². The van der Waals surface area contributed by atoms with Crippen molar-refractivity contribution in [1.82, 2.24) is 14.6 Å². The maximum absolute atomic E-state index is 12.3. The van der Waals surface area contributed by atoms with Gasteiger partial charge >= 0.3 is 0 Å². The summed E-state index contributed by atoms with van der Waals surface area (Å²) in [5.74, 6) is -0.265. The Morgan fingerprint density at radius 3 is 2.52 bits per heavy atom. The molecule has 0 spiro atoms. The Kier molecular flexibility index (Phi) is 5.69. The zero-order valence-electron chi connectivity index (χ0n) is 14.9. The lowest BCUT2D eigenvalue weighted by molar-refractivity contribution is 0.0951. The molecule has 8 heteroatoms. The van der Waals surface area contributed by atoms with Crippen LogP contribution in [0.5, 0.6) is 0 Å². The maximum atomic E-state index is 12.3. The Balaban J connectivity index is 1.67. The van der Waals surface area contributed by atoms with Crippen LogP contribution in [0, 0.1) is 0 Å². The van der Waals surface area contributed by atoms with Gasteiger partial charge < -0.3 is 5.32 Å². The number of carbonyl (C=O) groups is 1. The van der Waals surface area contributed by atoms with Gasteiger partial charge in [-0.2, -0.15) is 0 Å². The summed E-state index contributed by atoms with van der Waals surface area (Å²) in [4.78, 5) is 17.9. The molecular weight excluding hydrogens is 382 g/mol. The molecule has 0 saturated carbocycles. The monoisotopic (exact) mass is 401 g/mol. The molecule has 27 heavy (non-hydrogen) atoms. The second kappa shape index (κ2) is 7.99. The summed E-state index contributed by atoms with van der Waals surface area (Å²) < 4.78 is 25.3. The Bertz CT molecular complexity index is 1030. The summed E-state index contributed by atoms with van der Waals surface area (Å²) in [7, 11) is -0.571. The van der Waals surface area contributed by atoms with Crippen molar-refractivity contribution in [2.24, 2.45) is 0 Å². The predicted octanol–water partition coefficient (Wildman–Crippen LogP) is 2.99. The molecule has 2 aromatic heterocycles. The van der Waals surface area contributed by atoms with Crippen molar-refractivity contribution in [3.05, 3.63) is 71.2 Å². The quantitative estimate of drug-likeness (QED) is 0.689. The fourth-order valence-corrected chi connectivity index (χ4v) is 4.01. The third-order valence-electron chi connectivity index (χ3n) is 3.95. The van der Waals surface area contributed by atoms with Gasteiger partial charge in [0.1, 0.15) is 0 Å². The molecule has 6 nitrogen and oxygen atoms in total. The van der Waals surface area contributed by atoms with E-state index in [-0.39, 0.29) is 10.8 Å². The topological polar surface area (TPSA) is 79.4 Å². The largest absolute Gasteiger partial charge is 0.348 e. The summed E-state index contributed by atoms with van der Waals surface area (Å²) in [6, 6.07) is 13.7. The second-order valence-corrected chi connectivity index (χ2v) is 9.12. The van der Waals surface area contributed by atoms with E-state index in [1.165, 1.54) is 38.4 Å². The minimum Gasteiger partial charge on any atom is -0.348 e. The van der Waals surface area contributed by atoms with Gasteiger partial charge in [0, 0.05) is 32.4 Å². The van der Waals surface area contributed by atoms with Gasteiger partial charge in [-0.1, -0.05) is 6.07 Å². The summed E-state index contributed by atoms with van der Waals surface area (Å²) in [5.41, 5.74) is 2.21. The van der Waals surface area contributed by atoms with Gasteiger partial charge in [-0.05, 0) is 53.4 Å². The highest BCUT2D eigenvalue weighted by Gasteiger charge is 2.17. The highest BCUT2D eigenvalue weighted by Crippen LogP contribution is 2.23. The third-order valence-corrected chi connectivity index (χ3v) is 6.67.